The molecule has 0 aliphatic rings. The molecule has 0 N–H and O–H groups in total. The Morgan fingerprint density at radius 3 is 2.47 bits per heavy atom. The number of nitriles is 2. The molecule has 1 aromatic rings. The molecule has 0 radical (unpaired) electrons. The van der Waals surface area contributed by atoms with E-state index in [2.05, 4.69) is 0 Å². The van der Waals surface area contributed by atoms with E-state index in [4.69, 9.17) is 22.1 Å². The fourth-order valence-corrected chi connectivity index (χ4v) is 1.28. The highest BCUT2D eigenvalue weighted by Gasteiger charge is 2.24. The van der Waals surface area contributed by atoms with E-state index in [1.807, 2.05) is 0 Å². The zero-order chi connectivity index (χ0) is 11.4. The minimum atomic E-state index is -1.53. The standard InChI is InChI=1S/C10H4ClFN2O/c11-7-2-1-3-8(12)9(7)10(15)6(4-13)5-14/h1-3,6H. The number of hydrogen-bond acceptors (Lipinski definition) is 3. The molecule has 0 fully saturated rings. The smallest absolute Gasteiger partial charge is 0.198 e. The number of ketones is 1. The Morgan fingerprint density at radius 2 is 2.00 bits per heavy atom. The van der Waals surface area contributed by atoms with E-state index in [9.17, 15) is 9.18 Å². The van der Waals surface area contributed by atoms with Crippen LogP contribution in [0.15, 0.2) is 18.2 Å². The number of Topliss-reactive ketones (excluding diaryl/α,β-unsaturated/α-hetero) is 1. The molecular weight excluding hydrogens is 219 g/mol. The predicted octanol–water partition coefficient (Wildman–Crippen LogP) is 2.33. The van der Waals surface area contributed by atoms with E-state index in [1.54, 1.807) is 0 Å². The fourth-order valence-electron chi connectivity index (χ4n) is 1.02. The SMILES string of the molecule is N#CC(C#N)C(=O)c1c(F)cccc1Cl. The second kappa shape index (κ2) is 4.54. The van der Waals surface area contributed by atoms with Crippen LogP contribution in [0.5, 0.6) is 0 Å². The molecule has 0 aliphatic carbocycles. The van der Waals surface area contributed by atoms with Gasteiger partial charge in [0.25, 0.3) is 0 Å². The highest BCUT2D eigenvalue weighted by molar-refractivity contribution is 6.34. The van der Waals surface area contributed by atoms with Gasteiger partial charge in [-0.2, -0.15) is 10.5 Å². The Morgan fingerprint density at radius 1 is 1.40 bits per heavy atom. The Kier molecular flexibility index (Phi) is 3.38. The van der Waals surface area contributed by atoms with E-state index in [0.717, 1.165) is 6.07 Å². The van der Waals surface area contributed by atoms with E-state index in [1.165, 1.54) is 24.3 Å². The van der Waals surface area contributed by atoms with Gasteiger partial charge in [0.15, 0.2) is 11.7 Å². The normalized spacial score (nSPS) is 9.40. The van der Waals surface area contributed by atoms with Crippen LogP contribution >= 0.6 is 11.6 Å². The van der Waals surface area contributed by atoms with Gasteiger partial charge in [-0.3, -0.25) is 4.79 Å². The lowest BCUT2D eigenvalue weighted by molar-refractivity contribution is 0.0967. The van der Waals surface area contributed by atoms with Crippen LogP contribution in [0.3, 0.4) is 0 Å². The molecule has 0 amide bonds. The molecule has 0 aromatic heterocycles. The second-order valence-electron chi connectivity index (χ2n) is 2.65. The van der Waals surface area contributed by atoms with Gasteiger partial charge in [-0.25, -0.2) is 4.39 Å². The molecule has 3 nitrogen and oxygen atoms in total. The summed E-state index contributed by atoms with van der Waals surface area (Å²) in [6, 6.07) is 6.64. The summed E-state index contributed by atoms with van der Waals surface area (Å²) in [5, 5.41) is 16.9. The number of rotatable bonds is 2. The molecular formula is C10H4ClFN2O. The summed E-state index contributed by atoms with van der Waals surface area (Å²) in [4.78, 5) is 11.5. The van der Waals surface area contributed by atoms with Gasteiger partial charge in [-0.05, 0) is 12.1 Å². The van der Waals surface area contributed by atoms with Crippen LogP contribution in [0.2, 0.25) is 5.02 Å². The van der Waals surface area contributed by atoms with Crippen molar-refractivity contribution in [2.24, 2.45) is 5.92 Å². The van der Waals surface area contributed by atoms with Gasteiger partial charge in [0.05, 0.1) is 22.7 Å². The van der Waals surface area contributed by atoms with Crippen LogP contribution in [-0.4, -0.2) is 5.78 Å². The molecule has 5 heteroatoms. The lowest BCUT2D eigenvalue weighted by Gasteiger charge is -2.03. The molecule has 0 saturated heterocycles. The molecule has 0 spiro atoms. The third-order valence-corrected chi connectivity index (χ3v) is 2.04. The topological polar surface area (TPSA) is 64.7 Å². The first-order valence-corrected chi connectivity index (χ1v) is 4.27. The van der Waals surface area contributed by atoms with E-state index in [-0.39, 0.29) is 5.02 Å². The third-order valence-electron chi connectivity index (χ3n) is 1.73. The average molecular weight is 223 g/mol. The first kappa shape index (κ1) is 11.2. The van der Waals surface area contributed by atoms with Crippen LogP contribution < -0.4 is 0 Å². The fraction of sp³-hybridized carbons (Fsp3) is 0.100. The van der Waals surface area contributed by atoms with Gasteiger partial charge in [0.1, 0.15) is 5.82 Å². The van der Waals surface area contributed by atoms with Crippen molar-refractivity contribution in [3.63, 3.8) is 0 Å². The number of hydrogen-bond donors (Lipinski definition) is 0. The minimum absolute atomic E-state index is 0.101. The Labute approximate surface area is 90.3 Å². The van der Waals surface area contributed by atoms with Gasteiger partial charge in [0.2, 0.25) is 0 Å². The maximum atomic E-state index is 13.2. The molecule has 0 aliphatic heterocycles. The van der Waals surface area contributed by atoms with E-state index in [0.29, 0.717) is 0 Å². The van der Waals surface area contributed by atoms with Gasteiger partial charge in [0, 0.05) is 0 Å². The van der Waals surface area contributed by atoms with Crippen molar-refractivity contribution in [1.29, 1.82) is 10.5 Å². The van der Waals surface area contributed by atoms with Crippen LogP contribution in [0.1, 0.15) is 10.4 Å². The van der Waals surface area contributed by atoms with Gasteiger partial charge < -0.3 is 0 Å². The van der Waals surface area contributed by atoms with Crippen molar-refractivity contribution in [3.05, 3.63) is 34.6 Å². The van der Waals surface area contributed by atoms with Crippen LogP contribution in [-0.2, 0) is 0 Å². The highest BCUT2D eigenvalue weighted by atomic mass is 35.5. The van der Waals surface area contributed by atoms with Crippen molar-refractivity contribution in [3.8, 4) is 12.1 Å². The van der Waals surface area contributed by atoms with Gasteiger partial charge >= 0.3 is 0 Å². The van der Waals surface area contributed by atoms with Crippen molar-refractivity contribution in [2.45, 2.75) is 0 Å². The Bertz CT molecular complexity index is 453. The molecule has 0 unspecified atom stereocenters. The first-order valence-electron chi connectivity index (χ1n) is 3.89. The summed E-state index contributed by atoms with van der Waals surface area (Å²) in [6.07, 6.45) is 0. The van der Waals surface area contributed by atoms with Gasteiger partial charge in [-0.1, -0.05) is 17.7 Å². The molecule has 0 atom stereocenters. The lowest BCUT2D eigenvalue weighted by atomic mass is 10.00. The number of halogens is 2. The van der Waals surface area contributed by atoms with Crippen molar-refractivity contribution in [1.82, 2.24) is 0 Å². The van der Waals surface area contributed by atoms with E-state index >= 15 is 0 Å². The summed E-state index contributed by atoms with van der Waals surface area (Å²) in [6.45, 7) is 0. The predicted molar refractivity (Wildman–Crippen MR) is 50.5 cm³/mol. The molecule has 1 rings (SSSR count). The Balaban J connectivity index is 3.25. The monoisotopic (exact) mass is 222 g/mol. The number of carbonyl (C=O) groups excluding carboxylic acids is 1. The molecule has 15 heavy (non-hydrogen) atoms. The molecule has 0 heterocycles. The Hall–Kier alpha value is -1.91. The lowest BCUT2D eigenvalue weighted by Crippen LogP contribution is -2.13. The second-order valence-corrected chi connectivity index (χ2v) is 3.06. The zero-order valence-electron chi connectivity index (χ0n) is 7.37. The molecule has 0 saturated carbocycles. The first-order chi connectivity index (χ1) is 7.11. The third kappa shape index (κ3) is 2.12. The summed E-state index contributed by atoms with van der Waals surface area (Å²) < 4.78 is 13.2. The largest absolute Gasteiger partial charge is 0.291 e. The summed E-state index contributed by atoms with van der Waals surface area (Å²) in [5.74, 6) is -3.27. The molecule has 74 valence electrons. The summed E-state index contributed by atoms with van der Waals surface area (Å²) >= 11 is 5.60. The van der Waals surface area contributed by atoms with Crippen LogP contribution in [0.4, 0.5) is 4.39 Å². The van der Waals surface area contributed by atoms with Crippen molar-refractivity contribution >= 4 is 17.4 Å². The number of nitrogens with zero attached hydrogens (tertiary/aromatic N) is 2. The molecule has 1 aromatic carbocycles. The van der Waals surface area contributed by atoms with Gasteiger partial charge in [-0.15, -0.1) is 0 Å². The quantitative estimate of drug-likeness (QED) is 0.722. The molecule has 0 bridgehead atoms. The number of benzene rings is 1. The average Bonchev–Trinajstić information content (AvgIpc) is 2.19. The van der Waals surface area contributed by atoms with Crippen molar-refractivity contribution < 1.29 is 9.18 Å². The highest BCUT2D eigenvalue weighted by Crippen LogP contribution is 2.21. The maximum absolute atomic E-state index is 13.2. The maximum Gasteiger partial charge on any atom is 0.198 e. The van der Waals surface area contributed by atoms with Crippen molar-refractivity contribution in [2.75, 3.05) is 0 Å². The number of carbonyl (C=O) groups is 1. The minimum Gasteiger partial charge on any atom is -0.291 e. The van der Waals surface area contributed by atoms with E-state index < -0.39 is 23.1 Å². The van der Waals surface area contributed by atoms with Crippen LogP contribution in [0.25, 0.3) is 0 Å². The summed E-state index contributed by atoms with van der Waals surface area (Å²) in [7, 11) is 0. The zero-order valence-corrected chi connectivity index (χ0v) is 8.12. The van der Waals surface area contributed by atoms with Crippen LogP contribution in [0, 0.1) is 34.4 Å². The summed E-state index contributed by atoms with van der Waals surface area (Å²) in [5.41, 5.74) is -0.410.